The molecule has 1 unspecified atom stereocenters. The first-order valence-corrected chi connectivity index (χ1v) is 24.5. The van der Waals surface area contributed by atoms with E-state index in [0.29, 0.717) is 85.8 Å². The second kappa shape index (κ2) is 18.7. The maximum absolute atomic E-state index is 15.0. The molecule has 65 heavy (non-hydrogen) atoms. The zero-order valence-electron chi connectivity index (χ0n) is 37.4. The number of fused-ring (bicyclic) bond motifs is 2. The number of aryl methyl sites for hydroxylation is 2. The van der Waals surface area contributed by atoms with Gasteiger partial charge in [-0.1, -0.05) is 24.3 Å². The summed E-state index contributed by atoms with van der Waals surface area (Å²) in [5.41, 5.74) is 3.05. The minimum atomic E-state index is -0.599. The molecule has 3 saturated carbocycles. The van der Waals surface area contributed by atoms with Crippen LogP contribution in [0.5, 0.6) is 0 Å². The number of amides is 2. The minimum absolute atomic E-state index is 0.0169. The molecule has 3 aromatic heterocycles. The second-order valence-corrected chi connectivity index (χ2v) is 20.4. The zero-order valence-corrected chi connectivity index (χ0v) is 38.2. The lowest BCUT2D eigenvalue weighted by Gasteiger charge is -2.70. The Labute approximate surface area is 382 Å². The summed E-state index contributed by atoms with van der Waals surface area (Å²) in [6.45, 7) is 10.4. The molecule has 6 aliphatic rings. The van der Waals surface area contributed by atoms with E-state index < -0.39 is 11.7 Å². The van der Waals surface area contributed by atoms with Crippen molar-refractivity contribution in [2.24, 2.45) is 5.41 Å². The molecule has 5 aromatic rings. The van der Waals surface area contributed by atoms with Crippen LogP contribution in [0.1, 0.15) is 106 Å². The molecule has 15 nitrogen and oxygen atoms in total. The highest BCUT2D eigenvalue weighted by Gasteiger charge is 2.69. The fourth-order valence-electron chi connectivity index (χ4n) is 11.5. The van der Waals surface area contributed by atoms with Crippen LogP contribution in [-0.4, -0.2) is 124 Å². The Morgan fingerprint density at radius 1 is 0.938 bits per heavy atom. The average Bonchev–Trinajstić information content (AvgIpc) is 3.97. The van der Waals surface area contributed by atoms with Crippen molar-refractivity contribution in [2.45, 2.75) is 95.7 Å². The van der Waals surface area contributed by atoms with Crippen LogP contribution >= 0.6 is 11.3 Å². The number of ether oxygens (including phenoxy) is 1. The number of nitrogens with zero attached hydrogens (tertiary/aromatic N) is 7. The molecule has 4 N–H and O–H groups in total. The van der Waals surface area contributed by atoms with E-state index in [2.05, 4.69) is 42.3 Å². The number of hydrogen-bond donors (Lipinski definition) is 4. The van der Waals surface area contributed by atoms with Crippen LogP contribution in [-0.2, 0) is 40.9 Å². The van der Waals surface area contributed by atoms with Gasteiger partial charge in [-0.15, -0.1) is 16.4 Å². The van der Waals surface area contributed by atoms with Gasteiger partial charge in [0.15, 0.2) is 0 Å². The van der Waals surface area contributed by atoms with E-state index in [1.54, 1.807) is 34.1 Å². The van der Waals surface area contributed by atoms with Gasteiger partial charge in [-0.2, -0.15) is 5.10 Å². The summed E-state index contributed by atoms with van der Waals surface area (Å²) in [5, 5.41) is 24.3. The molecule has 3 aliphatic heterocycles. The molecule has 2 bridgehead atoms. The highest BCUT2D eigenvalue weighted by Crippen LogP contribution is 2.73. The molecular weight excluding hydrogens is 846 g/mol. The topological polar surface area (TPSA) is 168 Å². The van der Waals surface area contributed by atoms with Crippen LogP contribution < -0.4 is 20.8 Å². The molecule has 3 aliphatic carbocycles. The number of nitrogens with one attached hydrogen (secondary N) is 4. The Morgan fingerprint density at radius 2 is 1.72 bits per heavy atom. The number of H-pyrrole nitrogens is 2. The summed E-state index contributed by atoms with van der Waals surface area (Å²) in [5.74, 6) is 1.48. The fourth-order valence-corrected chi connectivity index (χ4v) is 12.6. The van der Waals surface area contributed by atoms with Crippen molar-refractivity contribution in [3.8, 4) is 0 Å². The Hall–Kier alpha value is -4.94. The maximum Gasteiger partial charge on any atom is 0.294 e. The molecule has 344 valence electrons. The van der Waals surface area contributed by atoms with Crippen molar-refractivity contribution in [2.75, 3.05) is 72.1 Å². The molecule has 2 saturated heterocycles. The predicted octanol–water partition coefficient (Wildman–Crippen LogP) is 4.09. The standard InChI is InChI=1S/C48H60FN11O4S/c1-32-43(52-41(65-32)27-59-16-7-10-39(59)44-55-54-40-11-3-2-6-17-60(40)44)48-28-47(29-48,30-48)31-51-15-23-64-22-14-50-26-42(61)57-18-20-58(21-19-57)46(63)36-24-33(12-13-37(36)49)25-38-34-8-4-5-9-35(34)45(62)56-53-38/h4-5,8-9,12-13,24,39,50-51H,2-3,6-7,10-11,14-23,25-31H2,1H3,(H,56,62)/p+1. The van der Waals surface area contributed by atoms with Gasteiger partial charge in [-0.25, -0.2) is 19.0 Å². The highest BCUT2D eigenvalue weighted by atomic mass is 32.1. The lowest BCUT2D eigenvalue weighted by Crippen LogP contribution is -2.68. The van der Waals surface area contributed by atoms with Gasteiger partial charge in [-0.05, 0) is 94.0 Å². The third kappa shape index (κ3) is 9.01. The summed E-state index contributed by atoms with van der Waals surface area (Å²) in [4.78, 5) is 51.3. The first-order chi connectivity index (χ1) is 31.7. The first-order valence-electron chi connectivity index (χ1n) is 23.7. The van der Waals surface area contributed by atoms with Crippen molar-refractivity contribution in [3.63, 3.8) is 0 Å². The van der Waals surface area contributed by atoms with E-state index >= 15 is 0 Å². The van der Waals surface area contributed by atoms with Gasteiger partial charge in [-0.3, -0.25) is 19.3 Å². The lowest BCUT2D eigenvalue weighted by molar-refractivity contribution is -0.712. The Morgan fingerprint density at radius 3 is 2.55 bits per heavy atom. The molecule has 2 aromatic carbocycles. The summed E-state index contributed by atoms with van der Waals surface area (Å²) in [6.07, 6.45) is 11.2. The van der Waals surface area contributed by atoms with Gasteiger partial charge in [0.05, 0.1) is 55.2 Å². The molecule has 11 rings (SSSR count). The smallest absolute Gasteiger partial charge is 0.294 e. The number of rotatable bonds is 17. The van der Waals surface area contributed by atoms with Crippen molar-refractivity contribution in [3.05, 3.63) is 103 Å². The van der Waals surface area contributed by atoms with Gasteiger partial charge < -0.3 is 25.2 Å². The Bertz CT molecular complexity index is 2580. The van der Waals surface area contributed by atoms with Gasteiger partial charge >= 0.3 is 0 Å². The van der Waals surface area contributed by atoms with Crippen molar-refractivity contribution < 1.29 is 23.3 Å². The number of benzene rings is 2. The monoisotopic (exact) mass is 906 g/mol. The fraction of sp³-hybridized carbons (Fsp3) is 0.562. The van der Waals surface area contributed by atoms with E-state index in [0.717, 1.165) is 39.1 Å². The van der Waals surface area contributed by atoms with E-state index in [-0.39, 0.29) is 29.0 Å². The number of carbonyl (C=O) groups is 2. The molecule has 2 amide bonds. The van der Waals surface area contributed by atoms with Crippen LogP contribution in [0.4, 0.5) is 4.39 Å². The minimum Gasteiger partial charge on any atom is -0.379 e. The van der Waals surface area contributed by atoms with Gasteiger partial charge in [0.2, 0.25) is 11.7 Å². The number of aromatic nitrogens is 6. The van der Waals surface area contributed by atoms with Gasteiger partial charge in [0, 0.05) is 79.4 Å². The number of likely N-dealkylation sites (tertiary alicyclic amines) is 1. The normalized spacial score (nSPS) is 23.0. The van der Waals surface area contributed by atoms with Gasteiger partial charge in [0.1, 0.15) is 16.9 Å². The van der Waals surface area contributed by atoms with Crippen molar-refractivity contribution >= 4 is 33.9 Å². The number of piperazine rings is 1. The number of hydrogen-bond acceptors (Lipinski definition) is 11. The predicted molar refractivity (Wildman–Crippen MR) is 244 cm³/mol. The summed E-state index contributed by atoms with van der Waals surface area (Å²) < 4.78 is 23.3. The van der Waals surface area contributed by atoms with Crippen molar-refractivity contribution in [1.82, 2.24) is 50.7 Å². The molecule has 1 atom stereocenters. The third-order valence-corrected chi connectivity index (χ3v) is 15.6. The summed E-state index contributed by atoms with van der Waals surface area (Å²) in [7, 11) is 0. The highest BCUT2D eigenvalue weighted by molar-refractivity contribution is 7.11. The summed E-state index contributed by atoms with van der Waals surface area (Å²) in [6, 6.07) is 12.0. The maximum atomic E-state index is 15.0. The number of aromatic amines is 2. The Balaban J connectivity index is 0.595. The number of halogens is 1. The van der Waals surface area contributed by atoms with Crippen molar-refractivity contribution in [1.29, 1.82) is 0 Å². The first kappa shape index (κ1) is 43.9. The van der Waals surface area contributed by atoms with Crippen LogP contribution in [0.15, 0.2) is 47.3 Å². The third-order valence-electron chi connectivity index (χ3n) is 14.6. The number of carbonyl (C=O) groups excluding carboxylic acids is 2. The molecular formula is C48H61FN11O4S+. The SMILES string of the molecule is Cc1sc(CN2CCCC2c2n[nH]c3[n+]2CCCCC3)nc1C12CC(CNCCOCCNCC(=O)N3CCN(C(=O)c4cc(Cc5n[nH]c(=O)c6ccccc56)ccc4F)CC3)(C1)C2. The van der Waals surface area contributed by atoms with E-state index in [1.165, 1.54) is 84.7 Å². The van der Waals surface area contributed by atoms with Crippen LogP contribution in [0, 0.1) is 18.2 Å². The molecule has 5 fully saturated rings. The van der Waals surface area contributed by atoms with Crippen LogP contribution in [0.2, 0.25) is 0 Å². The molecule has 17 heteroatoms. The molecule has 6 heterocycles. The van der Waals surface area contributed by atoms with Crippen LogP contribution in [0.3, 0.4) is 0 Å². The molecule has 0 spiro atoms. The number of thiazole rings is 1. The Kier molecular flexibility index (Phi) is 12.7. The molecule has 0 radical (unpaired) electrons. The second-order valence-electron chi connectivity index (χ2n) is 19.1. The van der Waals surface area contributed by atoms with E-state index in [9.17, 15) is 18.8 Å². The van der Waals surface area contributed by atoms with E-state index in [1.807, 2.05) is 23.5 Å². The zero-order chi connectivity index (χ0) is 44.5. The van der Waals surface area contributed by atoms with Gasteiger partial charge in [0.25, 0.3) is 17.3 Å². The average molecular weight is 907 g/mol. The lowest BCUT2D eigenvalue weighted by atomic mass is 9.34. The quantitative estimate of drug-likeness (QED) is 0.0789. The largest absolute Gasteiger partial charge is 0.379 e. The summed E-state index contributed by atoms with van der Waals surface area (Å²) >= 11 is 1.90. The van der Waals surface area contributed by atoms with E-state index in [4.69, 9.17) is 14.8 Å². The van der Waals surface area contributed by atoms with Crippen LogP contribution in [0.25, 0.3) is 10.8 Å².